The summed E-state index contributed by atoms with van der Waals surface area (Å²) >= 11 is 5.66. The van der Waals surface area contributed by atoms with Crippen LogP contribution in [0, 0.1) is 0 Å². The van der Waals surface area contributed by atoms with Crippen LogP contribution >= 0.6 is 11.6 Å². The molecule has 1 aliphatic heterocycles. The molecule has 0 aliphatic carbocycles. The molecule has 2 heterocycles. The Kier molecular flexibility index (Phi) is 3.68. The van der Waals surface area contributed by atoms with Crippen LogP contribution in [-0.2, 0) is 9.53 Å². The lowest BCUT2D eigenvalue weighted by Crippen LogP contribution is -2.63. The van der Waals surface area contributed by atoms with Gasteiger partial charge in [-0.3, -0.25) is 9.78 Å². The van der Waals surface area contributed by atoms with Crippen molar-refractivity contribution in [1.82, 2.24) is 14.9 Å². The zero-order valence-corrected chi connectivity index (χ0v) is 10.9. The molecule has 0 unspecified atom stereocenters. The largest absolute Gasteiger partial charge is 0.480 e. The van der Waals surface area contributed by atoms with E-state index in [1.54, 1.807) is 6.92 Å². The Morgan fingerprint density at radius 2 is 2.21 bits per heavy atom. The van der Waals surface area contributed by atoms with E-state index in [2.05, 4.69) is 9.97 Å². The summed E-state index contributed by atoms with van der Waals surface area (Å²) in [7, 11) is 0. The Labute approximate surface area is 114 Å². The van der Waals surface area contributed by atoms with Crippen molar-refractivity contribution in [2.24, 2.45) is 0 Å². The standard InChI is InChI=1S/C11H12ClN3O4/c1-11(19-4-9(16)17)5-15(6-11)10(18)7-2-13-3-8(12)14-7/h2-3H,4-6H2,1H3,(H,16,17). The van der Waals surface area contributed by atoms with Gasteiger partial charge in [0.05, 0.1) is 25.5 Å². The highest BCUT2D eigenvalue weighted by atomic mass is 35.5. The first-order chi connectivity index (χ1) is 8.89. The van der Waals surface area contributed by atoms with Crippen LogP contribution in [0.5, 0.6) is 0 Å². The smallest absolute Gasteiger partial charge is 0.329 e. The number of ether oxygens (including phenoxy) is 1. The zero-order chi connectivity index (χ0) is 14.0. The molecule has 102 valence electrons. The van der Waals surface area contributed by atoms with Gasteiger partial charge in [-0.05, 0) is 6.92 Å². The zero-order valence-electron chi connectivity index (χ0n) is 10.2. The summed E-state index contributed by atoms with van der Waals surface area (Å²) < 4.78 is 5.21. The lowest BCUT2D eigenvalue weighted by molar-refractivity contribution is -0.159. The summed E-state index contributed by atoms with van der Waals surface area (Å²) in [5.41, 5.74) is -0.465. The van der Waals surface area contributed by atoms with Crippen LogP contribution in [0.2, 0.25) is 5.15 Å². The van der Waals surface area contributed by atoms with Crippen molar-refractivity contribution in [3.05, 3.63) is 23.2 Å². The molecule has 19 heavy (non-hydrogen) atoms. The number of hydrogen-bond donors (Lipinski definition) is 1. The second-order valence-electron chi connectivity index (χ2n) is 4.52. The molecule has 1 aromatic heterocycles. The highest BCUT2D eigenvalue weighted by Crippen LogP contribution is 2.26. The minimum Gasteiger partial charge on any atom is -0.480 e. The SMILES string of the molecule is CC1(OCC(=O)O)CN(C(=O)c2cncc(Cl)n2)C1. The molecule has 1 saturated heterocycles. The van der Waals surface area contributed by atoms with Crippen molar-refractivity contribution in [2.45, 2.75) is 12.5 Å². The number of nitrogens with zero attached hydrogens (tertiary/aromatic N) is 3. The van der Waals surface area contributed by atoms with Gasteiger partial charge >= 0.3 is 5.97 Å². The van der Waals surface area contributed by atoms with Crippen LogP contribution in [0.25, 0.3) is 0 Å². The number of halogens is 1. The Bertz CT molecular complexity index is 516. The molecule has 0 radical (unpaired) electrons. The normalized spacial score (nSPS) is 16.8. The van der Waals surface area contributed by atoms with Gasteiger partial charge in [0.1, 0.15) is 23.1 Å². The molecule has 1 fully saturated rings. The van der Waals surface area contributed by atoms with E-state index in [1.807, 2.05) is 0 Å². The molecular formula is C11H12ClN3O4. The molecule has 1 aromatic rings. The van der Waals surface area contributed by atoms with Gasteiger partial charge < -0.3 is 14.7 Å². The number of carboxylic acids is 1. The van der Waals surface area contributed by atoms with Crippen molar-refractivity contribution in [1.29, 1.82) is 0 Å². The van der Waals surface area contributed by atoms with Gasteiger partial charge in [0.2, 0.25) is 0 Å². The quantitative estimate of drug-likeness (QED) is 0.863. The molecular weight excluding hydrogens is 274 g/mol. The first-order valence-corrected chi connectivity index (χ1v) is 5.90. The van der Waals surface area contributed by atoms with Gasteiger partial charge in [-0.15, -0.1) is 0 Å². The fourth-order valence-corrected chi connectivity index (χ4v) is 1.99. The predicted octanol–water partition coefficient (Wildman–Crippen LogP) is 0.446. The van der Waals surface area contributed by atoms with E-state index in [1.165, 1.54) is 17.3 Å². The number of likely N-dealkylation sites (tertiary alicyclic amines) is 1. The summed E-state index contributed by atoms with van der Waals surface area (Å²) in [6.45, 7) is 2.00. The molecule has 0 aromatic carbocycles. The number of amides is 1. The number of carbonyl (C=O) groups excluding carboxylic acids is 1. The summed E-state index contributed by atoms with van der Waals surface area (Å²) in [5, 5.41) is 8.69. The second-order valence-corrected chi connectivity index (χ2v) is 4.91. The van der Waals surface area contributed by atoms with Gasteiger partial charge in [0, 0.05) is 0 Å². The Hall–Kier alpha value is -1.73. The van der Waals surface area contributed by atoms with Crippen LogP contribution in [-0.4, -0.2) is 57.1 Å². The van der Waals surface area contributed by atoms with Crippen molar-refractivity contribution in [3.63, 3.8) is 0 Å². The van der Waals surface area contributed by atoms with Gasteiger partial charge in [0.25, 0.3) is 5.91 Å². The number of hydrogen-bond acceptors (Lipinski definition) is 5. The maximum absolute atomic E-state index is 12.0. The molecule has 0 atom stereocenters. The Morgan fingerprint density at radius 3 is 2.79 bits per heavy atom. The molecule has 1 amide bonds. The van der Waals surface area contributed by atoms with Gasteiger partial charge in [-0.25, -0.2) is 9.78 Å². The molecule has 1 aliphatic rings. The van der Waals surface area contributed by atoms with Gasteiger partial charge in [-0.2, -0.15) is 0 Å². The Balaban J connectivity index is 1.93. The van der Waals surface area contributed by atoms with Crippen molar-refractivity contribution < 1.29 is 19.4 Å². The third kappa shape index (κ3) is 3.18. The maximum Gasteiger partial charge on any atom is 0.329 e. The minimum atomic E-state index is -1.04. The third-order valence-electron chi connectivity index (χ3n) is 2.71. The van der Waals surface area contributed by atoms with Crippen LogP contribution in [0.3, 0.4) is 0 Å². The average Bonchev–Trinajstić information content (AvgIpc) is 2.32. The summed E-state index contributed by atoms with van der Waals surface area (Å²) in [4.78, 5) is 31.6. The summed E-state index contributed by atoms with van der Waals surface area (Å²) in [5.74, 6) is -1.34. The molecule has 2 rings (SSSR count). The molecule has 7 nitrogen and oxygen atoms in total. The highest BCUT2D eigenvalue weighted by Gasteiger charge is 2.43. The lowest BCUT2D eigenvalue weighted by Gasteiger charge is -2.46. The molecule has 8 heteroatoms. The average molecular weight is 286 g/mol. The fourth-order valence-electron chi connectivity index (χ4n) is 1.84. The maximum atomic E-state index is 12.0. The van der Waals surface area contributed by atoms with Crippen LogP contribution in [0.1, 0.15) is 17.4 Å². The van der Waals surface area contributed by atoms with E-state index >= 15 is 0 Å². The van der Waals surface area contributed by atoms with Crippen molar-refractivity contribution in [2.75, 3.05) is 19.7 Å². The van der Waals surface area contributed by atoms with Crippen molar-refractivity contribution >= 4 is 23.5 Å². The Morgan fingerprint density at radius 1 is 1.53 bits per heavy atom. The molecule has 0 saturated carbocycles. The number of aromatic nitrogens is 2. The van der Waals surface area contributed by atoms with E-state index in [9.17, 15) is 9.59 Å². The van der Waals surface area contributed by atoms with Crippen LogP contribution in [0.4, 0.5) is 0 Å². The highest BCUT2D eigenvalue weighted by molar-refractivity contribution is 6.29. The monoisotopic (exact) mass is 285 g/mol. The van der Waals surface area contributed by atoms with E-state index in [0.29, 0.717) is 13.1 Å². The number of carbonyl (C=O) groups is 2. The minimum absolute atomic E-state index is 0.149. The summed E-state index contributed by atoms with van der Waals surface area (Å²) in [6, 6.07) is 0. The fraction of sp³-hybridized carbons (Fsp3) is 0.455. The second kappa shape index (κ2) is 5.10. The van der Waals surface area contributed by atoms with E-state index in [0.717, 1.165) is 0 Å². The predicted molar refractivity (Wildman–Crippen MR) is 64.9 cm³/mol. The number of aliphatic carboxylic acids is 1. The first-order valence-electron chi connectivity index (χ1n) is 5.52. The van der Waals surface area contributed by atoms with Crippen LogP contribution in [0.15, 0.2) is 12.4 Å². The molecule has 0 spiro atoms. The topological polar surface area (TPSA) is 92.6 Å². The third-order valence-corrected chi connectivity index (χ3v) is 2.89. The lowest BCUT2D eigenvalue weighted by atomic mass is 9.96. The van der Waals surface area contributed by atoms with E-state index in [4.69, 9.17) is 21.4 Å². The van der Waals surface area contributed by atoms with E-state index < -0.39 is 11.6 Å². The number of carboxylic acid groups (broad SMARTS) is 1. The van der Waals surface area contributed by atoms with Gasteiger partial charge in [-0.1, -0.05) is 11.6 Å². The van der Waals surface area contributed by atoms with Crippen LogP contribution < -0.4 is 0 Å². The van der Waals surface area contributed by atoms with Crippen molar-refractivity contribution in [3.8, 4) is 0 Å². The van der Waals surface area contributed by atoms with E-state index in [-0.39, 0.29) is 23.4 Å². The van der Waals surface area contributed by atoms with Gasteiger partial charge in [0.15, 0.2) is 0 Å². The molecule has 1 N–H and O–H groups in total. The first kappa shape index (κ1) is 13.7. The number of rotatable bonds is 4. The molecule has 0 bridgehead atoms. The summed E-state index contributed by atoms with van der Waals surface area (Å²) in [6.07, 6.45) is 2.68.